The van der Waals surface area contributed by atoms with Gasteiger partial charge in [-0.2, -0.15) is 0 Å². The average Bonchev–Trinajstić information content (AvgIpc) is 3.41. The summed E-state index contributed by atoms with van der Waals surface area (Å²) in [6.45, 7) is 5.18. The van der Waals surface area contributed by atoms with Crippen LogP contribution in [0, 0.1) is 0 Å². The van der Waals surface area contributed by atoms with E-state index in [2.05, 4.69) is 131 Å². The molecule has 38 heavy (non-hydrogen) atoms. The zero-order valence-corrected chi connectivity index (χ0v) is 24.2. The molecule has 1 fully saturated rings. The molecule has 1 saturated heterocycles. The summed E-state index contributed by atoms with van der Waals surface area (Å²) in [4.78, 5) is 5.05. The summed E-state index contributed by atoms with van der Waals surface area (Å²) < 4.78 is 4.40. The zero-order valence-electron chi connectivity index (χ0n) is 21.0. The van der Waals surface area contributed by atoms with E-state index in [0.29, 0.717) is 19.1 Å². The van der Waals surface area contributed by atoms with E-state index in [9.17, 15) is 5.11 Å². The Morgan fingerprint density at radius 1 is 0.684 bits per heavy atom. The number of benzene rings is 4. The number of piperazine rings is 1. The fraction of sp³-hybridized carbons (Fsp3) is 0.250. The third-order valence-electron chi connectivity index (χ3n) is 8.22. The molecule has 1 aromatic heterocycles. The highest BCUT2D eigenvalue weighted by atomic mass is 79.9. The van der Waals surface area contributed by atoms with Crippen molar-refractivity contribution in [3.8, 4) is 11.1 Å². The van der Waals surface area contributed by atoms with Gasteiger partial charge >= 0.3 is 0 Å². The molecule has 4 nitrogen and oxygen atoms in total. The summed E-state index contributed by atoms with van der Waals surface area (Å²) in [6.07, 6.45) is -0.444. The van der Waals surface area contributed by atoms with Gasteiger partial charge in [0.15, 0.2) is 0 Å². The number of hydrogen-bond acceptors (Lipinski definition) is 3. The van der Waals surface area contributed by atoms with E-state index >= 15 is 0 Å². The molecule has 4 aromatic carbocycles. The number of aliphatic hydroxyl groups excluding tert-OH is 1. The lowest BCUT2D eigenvalue weighted by atomic mass is 10.0. The van der Waals surface area contributed by atoms with Crippen molar-refractivity contribution in [3.05, 3.63) is 105 Å². The first-order chi connectivity index (χ1) is 18.6. The molecule has 0 bridgehead atoms. The lowest BCUT2D eigenvalue weighted by Gasteiger charge is -2.39. The lowest BCUT2D eigenvalue weighted by Crippen LogP contribution is -2.49. The highest BCUT2D eigenvalue weighted by Crippen LogP contribution is 2.46. The molecule has 1 atom stereocenters. The van der Waals surface area contributed by atoms with Gasteiger partial charge in [-0.05, 0) is 58.7 Å². The summed E-state index contributed by atoms with van der Waals surface area (Å²) in [7, 11) is 0. The van der Waals surface area contributed by atoms with E-state index in [0.717, 1.165) is 46.2 Å². The number of β-amino-alcohol motifs (C(OH)–C–C–N with tert-alkyl or cyclic N) is 1. The largest absolute Gasteiger partial charge is 0.390 e. The lowest BCUT2D eigenvalue weighted by molar-refractivity contribution is 0.0571. The van der Waals surface area contributed by atoms with E-state index in [-0.39, 0.29) is 0 Å². The van der Waals surface area contributed by atoms with Crippen LogP contribution in [0.3, 0.4) is 0 Å². The van der Waals surface area contributed by atoms with Crippen LogP contribution in [0.2, 0.25) is 0 Å². The van der Waals surface area contributed by atoms with Crippen LogP contribution in [0.25, 0.3) is 32.9 Å². The van der Waals surface area contributed by atoms with Gasteiger partial charge in [0, 0.05) is 63.5 Å². The molecule has 7 rings (SSSR count). The standard InChI is InChI=1S/C32H29Br2N3O/c33-21-9-11-30-28(17-21)29-18-22(34)10-12-31(29)37(30)20-23(38)19-35-13-15-36(16-14-35)32-26-7-3-1-5-24(26)25-6-2-4-8-27(25)32/h1-12,17-18,23,32,38H,13-16,19-20H2. The topological polar surface area (TPSA) is 31.6 Å². The number of nitrogens with zero attached hydrogens (tertiary/aromatic N) is 3. The normalized spacial score (nSPS) is 17.2. The third kappa shape index (κ3) is 4.23. The molecular weight excluding hydrogens is 602 g/mol. The van der Waals surface area contributed by atoms with E-state index in [1.807, 2.05) is 0 Å². The van der Waals surface area contributed by atoms with Gasteiger partial charge in [-0.1, -0.05) is 80.4 Å². The molecule has 0 spiro atoms. The molecule has 2 heterocycles. The molecule has 1 aliphatic carbocycles. The summed E-state index contributed by atoms with van der Waals surface area (Å²) in [5.74, 6) is 0. The Balaban J connectivity index is 1.07. The van der Waals surface area contributed by atoms with Crippen molar-refractivity contribution in [2.24, 2.45) is 0 Å². The van der Waals surface area contributed by atoms with E-state index < -0.39 is 6.10 Å². The van der Waals surface area contributed by atoms with Crippen molar-refractivity contribution >= 4 is 53.7 Å². The molecule has 1 aliphatic heterocycles. The van der Waals surface area contributed by atoms with Crippen LogP contribution in [-0.4, -0.2) is 58.3 Å². The predicted octanol–water partition coefficient (Wildman–Crippen LogP) is 7.07. The first-order valence-electron chi connectivity index (χ1n) is 13.3. The van der Waals surface area contributed by atoms with Crippen LogP contribution in [0.1, 0.15) is 17.2 Å². The summed E-state index contributed by atoms with van der Waals surface area (Å²) >= 11 is 7.26. The Bertz CT molecular complexity index is 1550. The van der Waals surface area contributed by atoms with Gasteiger partial charge in [-0.25, -0.2) is 0 Å². The number of aromatic nitrogens is 1. The van der Waals surface area contributed by atoms with Crippen molar-refractivity contribution in [1.82, 2.24) is 14.4 Å². The Kier molecular flexibility index (Phi) is 6.41. The number of fused-ring (bicyclic) bond motifs is 6. The predicted molar refractivity (Wildman–Crippen MR) is 163 cm³/mol. The van der Waals surface area contributed by atoms with Crippen molar-refractivity contribution in [3.63, 3.8) is 0 Å². The fourth-order valence-corrected chi connectivity index (χ4v) is 7.26. The fourth-order valence-electron chi connectivity index (χ4n) is 6.54. The van der Waals surface area contributed by atoms with Crippen LogP contribution in [0.5, 0.6) is 0 Å². The van der Waals surface area contributed by atoms with Gasteiger partial charge in [0.2, 0.25) is 0 Å². The maximum absolute atomic E-state index is 11.2. The summed E-state index contributed by atoms with van der Waals surface area (Å²) in [6, 6.07) is 30.8. The molecule has 5 aromatic rings. The molecule has 0 radical (unpaired) electrons. The number of hydrogen-bond donors (Lipinski definition) is 1. The van der Waals surface area contributed by atoms with Gasteiger partial charge in [0.1, 0.15) is 0 Å². The Hall–Kier alpha value is -2.48. The first kappa shape index (κ1) is 24.6. The van der Waals surface area contributed by atoms with Gasteiger partial charge in [0.25, 0.3) is 0 Å². The molecule has 0 saturated carbocycles. The molecule has 1 N–H and O–H groups in total. The molecule has 0 amide bonds. The quantitative estimate of drug-likeness (QED) is 0.225. The van der Waals surface area contributed by atoms with Gasteiger partial charge in [-0.15, -0.1) is 0 Å². The molecular formula is C32H29Br2N3O. The second kappa shape index (κ2) is 9.92. The Morgan fingerprint density at radius 3 is 1.76 bits per heavy atom. The second-order valence-corrected chi connectivity index (χ2v) is 12.3. The highest BCUT2D eigenvalue weighted by Gasteiger charge is 2.34. The SMILES string of the molecule is OC(CN1CCN(C2c3ccccc3-c3ccccc32)CC1)Cn1c2ccc(Br)cc2c2cc(Br)ccc21. The minimum absolute atomic E-state index is 0.325. The smallest absolute Gasteiger partial charge is 0.0845 e. The van der Waals surface area contributed by atoms with Crippen molar-refractivity contribution in [1.29, 1.82) is 0 Å². The van der Waals surface area contributed by atoms with Crippen molar-refractivity contribution in [2.75, 3.05) is 32.7 Å². The maximum Gasteiger partial charge on any atom is 0.0845 e. The molecule has 2 aliphatic rings. The van der Waals surface area contributed by atoms with Crippen LogP contribution in [0.15, 0.2) is 93.9 Å². The van der Waals surface area contributed by atoms with Crippen LogP contribution >= 0.6 is 31.9 Å². The van der Waals surface area contributed by atoms with Crippen LogP contribution in [-0.2, 0) is 6.54 Å². The van der Waals surface area contributed by atoms with Crippen molar-refractivity contribution in [2.45, 2.75) is 18.7 Å². The second-order valence-electron chi connectivity index (χ2n) is 10.5. The maximum atomic E-state index is 11.2. The van der Waals surface area contributed by atoms with Gasteiger partial charge < -0.3 is 9.67 Å². The number of rotatable bonds is 5. The summed E-state index contributed by atoms with van der Waals surface area (Å²) in [5.41, 5.74) is 7.90. The van der Waals surface area contributed by atoms with Crippen LogP contribution in [0.4, 0.5) is 0 Å². The van der Waals surface area contributed by atoms with Gasteiger partial charge in [-0.3, -0.25) is 9.80 Å². The zero-order chi connectivity index (χ0) is 25.8. The van der Waals surface area contributed by atoms with E-state index in [1.54, 1.807) is 0 Å². The van der Waals surface area contributed by atoms with E-state index in [1.165, 1.54) is 33.0 Å². The minimum atomic E-state index is -0.444. The first-order valence-corrected chi connectivity index (χ1v) is 14.8. The molecule has 1 unspecified atom stereocenters. The van der Waals surface area contributed by atoms with Crippen LogP contribution < -0.4 is 0 Å². The Labute approximate surface area is 239 Å². The number of aliphatic hydroxyl groups is 1. The van der Waals surface area contributed by atoms with Gasteiger partial charge in [0.05, 0.1) is 18.7 Å². The minimum Gasteiger partial charge on any atom is -0.390 e. The monoisotopic (exact) mass is 629 g/mol. The third-order valence-corrected chi connectivity index (χ3v) is 9.21. The molecule has 192 valence electrons. The molecule has 6 heteroatoms. The van der Waals surface area contributed by atoms with E-state index in [4.69, 9.17) is 0 Å². The number of halogens is 2. The average molecular weight is 631 g/mol. The van der Waals surface area contributed by atoms with Crippen molar-refractivity contribution < 1.29 is 5.11 Å². The Morgan fingerprint density at radius 2 is 1.21 bits per heavy atom. The summed E-state index contributed by atoms with van der Waals surface area (Å²) in [5, 5.41) is 13.6. The highest BCUT2D eigenvalue weighted by molar-refractivity contribution is 9.10.